The van der Waals surface area contributed by atoms with Crippen molar-refractivity contribution < 1.29 is 14.7 Å². The molecule has 1 heterocycles. The Morgan fingerprint density at radius 1 is 1.85 bits per heavy atom. The number of thiocarbonyl (C=S) groups is 1. The third kappa shape index (κ3) is 2.00. The van der Waals surface area contributed by atoms with E-state index >= 15 is 0 Å². The third-order valence-corrected chi connectivity index (χ3v) is 3.15. The van der Waals surface area contributed by atoms with Crippen molar-refractivity contribution in [1.29, 1.82) is 0 Å². The molecule has 0 aromatic rings. The van der Waals surface area contributed by atoms with Crippen molar-refractivity contribution in [3.8, 4) is 0 Å². The minimum atomic E-state index is -0.999. The molecule has 0 saturated carbocycles. The molecule has 1 N–H and O–H groups in total. The van der Waals surface area contributed by atoms with Crippen LogP contribution in [0, 0.1) is 0 Å². The van der Waals surface area contributed by atoms with E-state index in [1.165, 1.54) is 16.7 Å². The SMILES string of the molecule is CCC(C(=O)O)N1C(=O)CSC1=S. The molecule has 1 unspecified atom stereocenters. The summed E-state index contributed by atoms with van der Waals surface area (Å²) in [5.41, 5.74) is 0. The van der Waals surface area contributed by atoms with Gasteiger partial charge in [-0.2, -0.15) is 0 Å². The van der Waals surface area contributed by atoms with E-state index in [9.17, 15) is 9.59 Å². The van der Waals surface area contributed by atoms with Crippen molar-refractivity contribution in [3.63, 3.8) is 0 Å². The number of hydrogen-bond donors (Lipinski definition) is 1. The Kier molecular flexibility index (Phi) is 3.27. The molecule has 72 valence electrons. The molecular weight excluding hydrogens is 210 g/mol. The normalized spacial score (nSPS) is 19.3. The minimum absolute atomic E-state index is 0.204. The van der Waals surface area contributed by atoms with E-state index in [2.05, 4.69) is 0 Å². The zero-order chi connectivity index (χ0) is 10.0. The number of nitrogens with zero attached hydrogens (tertiary/aromatic N) is 1. The lowest BCUT2D eigenvalue weighted by atomic mass is 10.2. The fraction of sp³-hybridized carbons (Fsp3) is 0.571. The summed E-state index contributed by atoms with van der Waals surface area (Å²) in [4.78, 5) is 23.2. The summed E-state index contributed by atoms with van der Waals surface area (Å²) in [6.45, 7) is 1.72. The molecule has 0 bridgehead atoms. The molecular formula is C7H9NO3S2. The molecule has 1 saturated heterocycles. The molecule has 0 radical (unpaired) electrons. The van der Waals surface area contributed by atoms with Gasteiger partial charge in [0.25, 0.3) is 0 Å². The van der Waals surface area contributed by atoms with Crippen molar-refractivity contribution in [2.45, 2.75) is 19.4 Å². The standard InChI is InChI=1S/C7H9NO3S2/c1-2-4(6(10)11)8-5(9)3-13-7(8)12/h4H,2-3H2,1H3,(H,10,11). The van der Waals surface area contributed by atoms with Crippen LogP contribution in [0.4, 0.5) is 0 Å². The number of thioether (sulfide) groups is 1. The first-order valence-corrected chi connectivity index (χ1v) is 5.19. The second-order valence-corrected chi connectivity index (χ2v) is 4.19. The first-order valence-electron chi connectivity index (χ1n) is 3.79. The molecule has 1 aliphatic rings. The van der Waals surface area contributed by atoms with Gasteiger partial charge >= 0.3 is 5.97 Å². The summed E-state index contributed by atoms with van der Waals surface area (Å²) in [5, 5.41) is 8.81. The van der Waals surface area contributed by atoms with Crippen LogP contribution in [0.2, 0.25) is 0 Å². The van der Waals surface area contributed by atoms with Gasteiger partial charge in [-0.05, 0) is 6.42 Å². The molecule has 0 aromatic heterocycles. The molecule has 1 rings (SSSR count). The number of carboxylic acid groups (broad SMARTS) is 1. The van der Waals surface area contributed by atoms with E-state index in [1.807, 2.05) is 0 Å². The predicted molar refractivity (Wildman–Crippen MR) is 53.6 cm³/mol. The minimum Gasteiger partial charge on any atom is -0.480 e. The van der Waals surface area contributed by atoms with Gasteiger partial charge in [0, 0.05) is 0 Å². The lowest BCUT2D eigenvalue weighted by Crippen LogP contribution is -2.43. The molecule has 13 heavy (non-hydrogen) atoms. The lowest BCUT2D eigenvalue weighted by Gasteiger charge is -2.21. The van der Waals surface area contributed by atoms with E-state index in [4.69, 9.17) is 17.3 Å². The number of carbonyl (C=O) groups excluding carboxylic acids is 1. The highest BCUT2D eigenvalue weighted by Gasteiger charge is 2.35. The first-order chi connectivity index (χ1) is 6.07. The van der Waals surface area contributed by atoms with E-state index in [-0.39, 0.29) is 11.7 Å². The highest BCUT2D eigenvalue weighted by atomic mass is 32.2. The summed E-state index contributed by atoms with van der Waals surface area (Å²) < 4.78 is 0.374. The zero-order valence-corrected chi connectivity index (χ0v) is 8.65. The Morgan fingerprint density at radius 3 is 2.77 bits per heavy atom. The molecule has 1 atom stereocenters. The monoisotopic (exact) mass is 219 g/mol. The average Bonchev–Trinajstić information content (AvgIpc) is 2.36. The van der Waals surface area contributed by atoms with E-state index in [0.717, 1.165) is 0 Å². The quantitative estimate of drug-likeness (QED) is 0.708. The van der Waals surface area contributed by atoms with Gasteiger partial charge < -0.3 is 5.11 Å². The number of amides is 1. The van der Waals surface area contributed by atoms with E-state index in [1.54, 1.807) is 6.92 Å². The molecule has 0 aromatic carbocycles. The largest absolute Gasteiger partial charge is 0.480 e. The molecule has 6 heteroatoms. The summed E-state index contributed by atoms with van der Waals surface area (Å²) in [7, 11) is 0. The molecule has 1 aliphatic heterocycles. The Balaban J connectivity index is 2.84. The van der Waals surface area contributed by atoms with Gasteiger partial charge in [0.05, 0.1) is 5.75 Å². The van der Waals surface area contributed by atoms with Crippen LogP contribution in [0.15, 0.2) is 0 Å². The molecule has 0 spiro atoms. The maximum atomic E-state index is 11.2. The second kappa shape index (κ2) is 4.06. The fourth-order valence-corrected chi connectivity index (χ4v) is 2.29. The summed E-state index contributed by atoms with van der Waals surface area (Å²) in [6.07, 6.45) is 0.377. The van der Waals surface area contributed by atoms with Crippen molar-refractivity contribution in [3.05, 3.63) is 0 Å². The summed E-state index contributed by atoms with van der Waals surface area (Å²) >= 11 is 6.10. The van der Waals surface area contributed by atoms with Crippen LogP contribution in [0.3, 0.4) is 0 Å². The Labute approximate surface area is 85.3 Å². The smallest absolute Gasteiger partial charge is 0.326 e. The molecule has 4 nitrogen and oxygen atoms in total. The van der Waals surface area contributed by atoms with Crippen LogP contribution in [0.25, 0.3) is 0 Å². The number of hydrogen-bond acceptors (Lipinski definition) is 4. The number of carboxylic acids is 1. The van der Waals surface area contributed by atoms with Gasteiger partial charge in [0.2, 0.25) is 5.91 Å². The van der Waals surface area contributed by atoms with Gasteiger partial charge in [-0.15, -0.1) is 0 Å². The highest BCUT2D eigenvalue weighted by Crippen LogP contribution is 2.23. The average molecular weight is 219 g/mol. The Bertz CT molecular complexity index is 250. The summed E-state index contributed by atoms with van der Waals surface area (Å²) in [5.74, 6) is -0.937. The Morgan fingerprint density at radius 2 is 2.46 bits per heavy atom. The van der Waals surface area contributed by atoms with Gasteiger partial charge in [-0.1, -0.05) is 30.9 Å². The zero-order valence-electron chi connectivity index (χ0n) is 7.02. The first kappa shape index (κ1) is 10.5. The maximum absolute atomic E-state index is 11.2. The second-order valence-electron chi connectivity index (χ2n) is 2.58. The van der Waals surface area contributed by atoms with Gasteiger partial charge in [0.1, 0.15) is 10.4 Å². The number of carbonyl (C=O) groups is 2. The maximum Gasteiger partial charge on any atom is 0.326 e. The Hall–Kier alpha value is -0.620. The van der Waals surface area contributed by atoms with Crippen LogP contribution < -0.4 is 0 Å². The molecule has 1 amide bonds. The van der Waals surface area contributed by atoms with Gasteiger partial charge in [0.15, 0.2) is 0 Å². The van der Waals surface area contributed by atoms with Crippen LogP contribution in [-0.2, 0) is 9.59 Å². The van der Waals surface area contributed by atoms with Crippen LogP contribution in [0.5, 0.6) is 0 Å². The van der Waals surface area contributed by atoms with Gasteiger partial charge in [-0.3, -0.25) is 9.69 Å². The fourth-order valence-electron chi connectivity index (χ4n) is 1.13. The molecule has 0 aliphatic carbocycles. The predicted octanol–water partition coefficient (Wildman–Crippen LogP) is 0.710. The van der Waals surface area contributed by atoms with Crippen molar-refractivity contribution in [2.24, 2.45) is 0 Å². The van der Waals surface area contributed by atoms with Crippen LogP contribution in [0.1, 0.15) is 13.3 Å². The number of aliphatic carboxylic acids is 1. The molecule has 1 fully saturated rings. The van der Waals surface area contributed by atoms with Crippen molar-refractivity contribution in [1.82, 2.24) is 4.90 Å². The van der Waals surface area contributed by atoms with Crippen LogP contribution >= 0.6 is 24.0 Å². The van der Waals surface area contributed by atoms with Crippen molar-refractivity contribution in [2.75, 3.05) is 5.75 Å². The topological polar surface area (TPSA) is 57.6 Å². The van der Waals surface area contributed by atoms with Crippen molar-refractivity contribution >= 4 is 40.2 Å². The lowest BCUT2D eigenvalue weighted by molar-refractivity contribution is -0.145. The highest BCUT2D eigenvalue weighted by molar-refractivity contribution is 8.23. The van der Waals surface area contributed by atoms with E-state index < -0.39 is 12.0 Å². The third-order valence-electron chi connectivity index (χ3n) is 1.77. The summed E-state index contributed by atoms with van der Waals surface area (Å²) in [6, 6.07) is -0.796. The van der Waals surface area contributed by atoms with Crippen LogP contribution in [-0.4, -0.2) is 38.0 Å². The number of rotatable bonds is 3. The van der Waals surface area contributed by atoms with E-state index in [0.29, 0.717) is 10.7 Å². The van der Waals surface area contributed by atoms with Gasteiger partial charge in [-0.25, -0.2) is 4.79 Å².